The summed E-state index contributed by atoms with van der Waals surface area (Å²) in [5.41, 5.74) is 0.191. The smallest absolute Gasteiger partial charge is 0.372 e. The van der Waals surface area contributed by atoms with Crippen LogP contribution in [0.15, 0.2) is 0 Å². The van der Waals surface area contributed by atoms with E-state index in [0.29, 0.717) is 12.3 Å². The van der Waals surface area contributed by atoms with Gasteiger partial charge in [0.15, 0.2) is 0 Å². The topological polar surface area (TPSA) is 9.23 Å². The Morgan fingerprint density at radius 3 is 2.41 bits per heavy atom. The van der Waals surface area contributed by atoms with E-state index in [2.05, 4.69) is 4.74 Å². The van der Waals surface area contributed by atoms with E-state index in [1.165, 1.54) is 19.3 Å². The third kappa shape index (κ3) is 3.75. The zero-order chi connectivity index (χ0) is 12.5. The summed E-state index contributed by atoms with van der Waals surface area (Å²) >= 11 is 6.02. The molecule has 100 valence electrons. The molecule has 0 radical (unpaired) electrons. The number of ether oxygens (including phenoxy) is 1. The van der Waals surface area contributed by atoms with Gasteiger partial charge in [0, 0.05) is 12.5 Å². The first-order valence-electron chi connectivity index (χ1n) is 6.15. The Morgan fingerprint density at radius 2 is 1.88 bits per heavy atom. The van der Waals surface area contributed by atoms with Gasteiger partial charge in [-0.2, -0.15) is 13.2 Å². The first-order valence-corrected chi connectivity index (χ1v) is 6.68. The lowest BCUT2D eigenvalue weighted by atomic mass is 9.81. The zero-order valence-corrected chi connectivity index (χ0v) is 10.5. The van der Waals surface area contributed by atoms with Gasteiger partial charge in [-0.05, 0) is 49.4 Å². The van der Waals surface area contributed by atoms with Crippen molar-refractivity contribution in [3.8, 4) is 0 Å². The van der Waals surface area contributed by atoms with Crippen LogP contribution in [0.3, 0.4) is 0 Å². The van der Waals surface area contributed by atoms with Crippen molar-refractivity contribution in [3.63, 3.8) is 0 Å². The molecule has 1 nitrogen and oxygen atoms in total. The minimum absolute atomic E-state index is 0.188. The van der Waals surface area contributed by atoms with Crippen LogP contribution in [0.25, 0.3) is 0 Å². The van der Waals surface area contributed by atoms with Crippen LogP contribution in [0.2, 0.25) is 0 Å². The second-order valence-corrected chi connectivity index (χ2v) is 5.84. The Kier molecular flexibility index (Phi) is 3.93. The molecule has 2 aliphatic carbocycles. The lowest BCUT2D eigenvalue weighted by Crippen LogP contribution is -2.22. The molecule has 0 aliphatic heterocycles. The van der Waals surface area contributed by atoms with Gasteiger partial charge in [0.25, 0.3) is 0 Å². The molecule has 0 spiro atoms. The summed E-state index contributed by atoms with van der Waals surface area (Å²) < 4.78 is 40.1. The molecule has 2 unspecified atom stereocenters. The van der Waals surface area contributed by atoms with Crippen LogP contribution >= 0.6 is 11.6 Å². The number of alkyl halides is 4. The van der Waals surface area contributed by atoms with Gasteiger partial charge < -0.3 is 4.74 Å². The van der Waals surface area contributed by atoms with Crippen LogP contribution in [0.5, 0.6) is 0 Å². The van der Waals surface area contributed by atoms with Gasteiger partial charge >= 0.3 is 6.18 Å². The van der Waals surface area contributed by atoms with Crippen LogP contribution in [0, 0.1) is 17.3 Å². The van der Waals surface area contributed by atoms with Gasteiger partial charge in [0.2, 0.25) is 0 Å². The lowest BCUT2D eigenvalue weighted by Gasteiger charge is -2.28. The first-order chi connectivity index (χ1) is 7.94. The average Bonchev–Trinajstić information content (AvgIpc) is 2.85. The number of halogens is 4. The van der Waals surface area contributed by atoms with E-state index in [1.54, 1.807) is 0 Å². The predicted molar refractivity (Wildman–Crippen MR) is 60.1 cm³/mol. The summed E-state index contributed by atoms with van der Waals surface area (Å²) in [6.07, 6.45) is 1.05. The van der Waals surface area contributed by atoms with Gasteiger partial charge in [-0.3, -0.25) is 0 Å². The Bertz CT molecular complexity index is 257. The van der Waals surface area contributed by atoms with Crippen molar-refractivity contribution in [2.75, 3.05) is 19.1 Å². The molecule has 5 heteroatoms. The third-order valence-electron chi connectivity index (χ3n) is 4.00. The van der Waals surface area contributed by atoms with Gasteiger partial charge in [0.1, 0.15) is 6.61 Å². The Morgan fingerprint density at radius 1 is 1.24 bits per heavy atom. The minimum atomic E-state index is -4.21. The van der Waals surface area contributed by atoms with Gasteiger partial charge in [-0.25, -0.2) is 0 Å². The summed E-state index contributed by atoms with van der Waals surface area (Å²) in [6.45, 7) is -0.945. The molecular formula is C12H18ClF3O. The van der Waals surface area contributed by atoms with E-state index in [1.807, 2.05) is 0 Å². The maximum atomic E-state index is 11.8. The number of rotatable bonds is 6. The summed E-state index contributed by atoms with van der Waals surface area (Å²) in [7, 11) is 0. The third-order valence-corrected chi connectivity index (χ3v) is 4.57. The number of hydrogen-bond donors (Lipinski definition) is 0. The summed E-state index contributed by atoms with van der Waals surface area (Å²) in [6, 6.07) is 0. The molecule has 0 saturated heterocycles. The summed E-state index contributed by atoms with van der Waals surface area (Å²) in [4.78, 5) is 0. The minimum Gasteiger partial charge on any atom is -0.372 e. The standard InChI is InChI=1S/C12H18ClF3O/c13-7-11(5-9-4-10(9)6-11)2-1-3-17-8-12(14,15)16/h9-10H,1-8H2. The fraction of sp³-hybridized carbons (Fsp3) is 1.00. The Labute approximate surface area is 105 Å². The van der Waals surface area contributed by atoms with Gasteiger partial charge in [-0.15, -0.1) is 11.6 Å². The monoisotopic (exact) mass is 270 g/mol. The SMILES string of the molecule is FC(F)(F)COCCCC1(CCl)CC2CC2C1. The van der Waals surface area contributed by atoms with Crippen molar-refractivity contribution in [2.24, 2.45) is 17.3 Å². The van der Waals surface area contributed by atoms with Crippen LogP contribution in [0.1, 0.15) is 32.1 Å². The predicted octanol–water partition coefficient (Wildman–Crippen LogP) is 4.00. The van der Waals surface area contributed by atoms with Gasteiger partial charge in [0.05, 0.1) is 0 Å². The normalized spacial score (nSPS) is 36.0. The van der Waals surface area contributed by atoms with E-state index in [0.717, 1.165) is 18.3 Å². The Hall–Kier alpha value is 0.0400. The highest BCUT2D eigenvalue weighted by molar-refractivity contribution is 6.18. The highest BCUT2D eigenvalue weighted by atomic mass is 35.5. The van der Waals surface area contributed by atoms with Crippen molar-refractivity contribution in [1.29, 1.82) is 0 Å². The Balaban J connectivity index is 1.61. The lowest BCUT2D eigenvalue weighted by molar-refractivity contribution is -0.174. The average molecular weight is 271 g/mol. The maximum absolute atomic E-state index is 11.8. The maximum Gasteiger partial charge on any atom is 0.411 e. The zero-order valence-electron chi connectivity index (χ0n) is 9.73. The van der Waals surface area contributed by atoms with E-state index in [-0.39, 0.29) is 12.0 Å². The molecular weight excluding hydrogens is 253 g/mol. The molecule has 2 saturated carbocycles. The highest BCUT2D eigenvalue weighted by Gasteiger charge is 2.52. The largest absolute Gasteiger partial charge is 0.411 e. The van der Waals surface area contributed by atoms with Crippen LogP contribution in [0.4, 0.5) is 13.2 Å². The van der Waals surface area contributed by atoms with Gasteiger partial charge in [-0.1, -0.05) is 0 Å². The molecule has 0 bridgehead atoms. The second-order valence-electron chi connectivity index (χ2n) is 5.57. The summed E-state index contributed by atoms with van der Waals surface area (Å²) in [5.74, 6) is 2.34. The molecule has 2 aliphatic rings. The quantitative estimate of drug-likeness (QED) is 0.524. The van der Waals surface area contributed by atoms with E-state index in [4.69, 9.17) is 11.6 Å². The van der Waals surface area contributed by atoms with Crippen LogP contribution in [-0.2, 0) is 4.74 Å². The molecule has 17 heavy (non-hydrogen) atoms. The van der Waals surface area contributed by atoms with Crippen molar-refractivity contribution < 1.29 is 17.9 Å². The molecule has 2 atom stereocenters. The fourth-order valence-corrected chi connectivity index (χ4v) is 3.48. The molecule has 0 heterocycles. The van der Waals surface area contributed by atoms with E-state index < -0.39 is 12.8 Å². The summed E-state index contributed by atoms with van der Waals surface area (Å²) in [5, 5.41) is 0. The highest BCUT2D eigenvalue weighted by Crippen LogP contribution is 2.61. The number of fused-ring (bicyclic) bond motifs is 1. The van der Waals surface area contributed by atoms with Crippen LogP contribution < -0.4 is 0 Å². The molecule has 0 aromatic rings. The molecule has 0 N–H and O–H groups in total. The van der Waals surface area contributed by atoms with Crippen molar-refractivity contribution in [3.05, 3.63) is 0 Å². The second kappa shape index (κ2) is 4.96. The van der Waals surface area contributed by atoms with Crippen LogP contribution in [-0.4, -0.2) is 25.3 Å². The van der Waals surface area contributed by atoms with Crippen molar-refractivity contribution in [2.45, 2.75) is 38.3 Å². The van der Waals surface area contributed by atoms with E-state index >= 15 is 0 Å². The molecule has 2 fully saturated rings. The van der Waals surface area contributed by atoms with Crippen molar-refractivity contribution >= 4 is 11.6 Å². The fourth-order valence-electron chi connectivity index (χ4n) is 3.12. The molecule has 0 amide bonds. The first kappa shape index (κ1) is 13.5. The number of hydrogen-bond acceptors (Lipinski definition) is 1. The molecule has 0 aromatic carbocycles. The molecule has 2 rings (SSSR count). The van der Waals surface area contributed by atoms with Crippen molar-refractivity contribution in [1.82, 2.24) is 0 Å². The van der Waals surface area contributed by atoms with E-state index in [9.17, 15) is 13.2 Å². The molecule has 0 aromatic heterocycles.